The first kappa shape index (κ1) is 12.4. The van der Waals surface area contributed by atoms with Crippen LogP contribution < -0.4 is 9.64 Å². The Morgan fingerprint density at radius 1 is 1.50 bits per heavy atom. The number of rotatable bonds is 4. The van der Waals surface area contributed by atoms with Crippen LogP contribution in [0.15, 0.2) is 18.2 Å². The molecule has 1 N–H and O–H groups in total. The van der Waals surface area contributed by atoms with E-state index in [9.17, 15) is 9.59 Å². The smallest absolute Gasteiger partial charge is 0.303 e. The number of fused-ring (bicyclic) bond motifs is 1. The third-order valence-corrected chi connectivity index (χ3v) is 2.83. The lowest BCUT2D eigenvalue weighted by atomic mass is 10.1. The summed E-state index contributed by atoms with van der Waals surface area (Å²) in [5, 5.41) is 8.62. The highest BCUT2D eigenvalue weighted by Gasteiger charge is 2.25. The summed E-state index contributed by atoms with van der Waals surface area (Å²) in [4.78, 5) is 23.9. The third-order valence-electron chi connectivity index (χ3n) is 2.83. The van der Waals surface area contributed by atoms with Crippen LogP contribution in [-0.2, 0) is 9.59 Å². The van der Waals surface area contributed by atoms with Gasteiger partial charge in [0, 0.05) is 13.0 Å². The van der Waals surface area contributed by atoms with Crippen molar-refractivity contribution in [1.29, 1.82) is 0 Å². The molecule has 5 nitrogen and oxygen atoms in total. The standard InChI is InChI=1S/C13H15NO4/c1-9-4-5-11-10(7-9)14(12(15)8-18-11)6-2-3-13(16)17/h4-5,7H,2-3,6,8H2,1H3,(H,16,17). The van der Waals surface area contributed by atoms with Crippen molar-refractivity contribution in [2.45, 2.75) is 19.8 Å². The summed E-state index contributed by atoms with van der Waals surface area (Å²) >= 11 is 0. The average molecular weight is 249 g/mol. The van der Waals surface area contributed by atoms with E-state index in [1.165, 1.54) is 0 Å². The Bertz CT molecular complexity index is 484. The maximum absolute atomic E-state index is 11.8. The number of anilines is 1. The molecule has 0 saturated carbocycles. The van der Waals surface area contributed by atoms with Crippen LogP contribution >= 0.6 is 0 Å². The molecule has 1 amide bonds. The van der Waals surface area contributed by atoms with Gasteiger partial charge in [0.2, 0.25) is 0 Å². The summed E-state index contributed by atoms with van der Waals surface area (Å²) in [6.07, 6.45) is 0.500. The van der Waals surface area contributed by atoms with E-state index in [-0.39, 0.29) is 18.9 Å². The van der Waals surface area contributed by atoms with Crippen molar-refractivity contribution in [2.24, 2.45) is 0 Å². The van der Waals surface area contributed by atoms with Crippen molar-refractivity contribution in [2.75, 3.05) is 18.1 Å². The monoisotopic (exact) mass is 249 g/mol. The van der Waals surface area contributed by atoms with Gasteiger partial charge >= 0.3 is 5.97 Å². The van der Waals surface area contributed by atoms with Crippen LogP contribution in [0.25, 0.3) is 0 Å². The van der Waals surface area contributed by atoms with Crippen LogP contribution in [0.2, 0.25) is 0 Å². The van der Waals surface area contributed by atoms with Gasteiger partial charge in [-0.3, -0.25) is 9.59 Å². The molecule has 0 unspecified atom stereocenters. The predicted molar refractivity (Wildman–Crippen MR) is 65.9 cm³/mol. The molecule has 18 heavy (non-hydrogen) atoms. The number of carboxylic acids is 1. The van der Waals surface area contributed by atoms with Crippen molar-refractivity contribution in [3.8, 4) is 5.75 Å². The fourth-order valence-electron chi connectivity index (χ4n) is 1.95. The minimum Gasteiger partial charge on any atom is -0.482 e. The van der Waals surface area contributed by atoms with Gasteiger partial charge in [0.25, 0.3) is 5.91 Å². The number of nitrogens with zero attached hydrogens (tertiary/aromatic N) is 1. The molecule has 0 fully saturated rings. The Kier molecular flexibility index (Phi) is 3.50. The second-order valence-corrected chi connectivity index (χ2v) is 4.30. The van der Waals surface area contributed by atoms with Gasteiger partial charge in [0.05, 0.1) is 5.69 Å². The summed E-state index contributed by atoms with van der Waals surface area (Å²) < 4.78 is 5.34. The van der Waals surface area contributed by atoms with Gasteiger partial charge in [0.15, 0.2) is 6.61 Å². The Hall–Kier alpha value is -2.04. The van der Waals surface area contributed by atoms with Crippen LogP contribution in [0.3, 0.4) is 0 Å². The summed E-state index contributed by atoms with van der Waals surface area (Å²) in [5.74, 6) is -0.297. The van der Waals surface area contributed by atoms with Crippen molar-refractivity contribution in [1.82, 2.24) is 0 Å². The number of carboxylic acid groups (broad SMARTS) is 1. The van der Waals surface area contributed by atoms with Crippen molar-refractivity contribution < 1.29 is 19.4 Å². The highest BCUT2D eigenvalue weighted by atomic mass is 16.5. The molecule has 1 heterocycles. The lowest BCUT2D eigenvalue weighted by Crippen LogP contribution is -2.39. The third kappa shape index (κ3) is 2.61. The topological polar surface area (TPSA) is 66.8 Å². The number of aliphatic carboxylic acids is 1. The lowest BCUT2D eigenvalue weighted by molar-refractivity contribution is -0.137. The quantitative estimate of drug-likeness (QED) is 0.879. The first-order valence-corrected chi connectivity index (χ1v) is 5.83. The molecular formula is C13H15NO4. The number of carbonyl (C=O) groups excluding carboxylic acids is 1. The highest BCUT2D eigenvalue weighted by Crippen LogP contribution is 2.32. The van der Waals surface area contributed by atoms with E-state index < -0.39 is 5.97 Å². The van der Waals surface area contributed by atoms with E-state index in [0.29, 0.717) is 18.7 Å². The molecule has 96 valence electrons. The Labute approximate surface area is 105 Å². The van der Waals surface area contributed by atoms with Gasteiger partial charge < -0.3 is 14.7 Å². The normalized spacial score (nSPS) is 14.1. The van der Waals surface area contributed by atoms with Gasteiger partial charge in [0.1, 0.15) is 5.75 Å². The zero-order valence-electron chi connectivity index (χ0n) is 10.2. The molecule has 0 saturated heterocycles. The SMILES string of the molecule is Cc1ccc2c(c1)N(CCCC(=O)O)C(=O)CO2. The minimum absolute atomic E-state index is 0.0170. The van der Waals surface area contributed by atoms with Crippen molar-refractivity contribution in [3.05, 3.63) is 23.8 Å². The number of carbonyl (C=O) groups is 2. The second-order valence-electron chi connectivity index (χ2n) is 4.30. The number of hydrogen-bond acceptors (Lipinski definition) is 3. The number of ether oxygens (including phenoxy) is 1. The molecule has 0 aromatic heterocycles. The molecule has 1 aliphatic heterocycles. The van der Waals surface area contributed by atoms with E-state index in [1.807, 2.05) is 25.1 Å². The largest absolute Gasteiger partial charge is 0.482 e. The zero-order chi connectivity index (χ0) is 13.1. The first-order chi connectivity index (χ1) is 8.58. The van der Waals surface area contributed by atoms with E-state index in [4.69, 9.17) is 9.84 Å². The molecule has 0 aliphatic carbocycles. The average Bonchev–Trinajstić information content (AvgIpc) is 2.31. The van der Waals surface area contributed by atoms with Crippen LogP contribution in [0.1, 0.15) is 18.4 Å². The Morgan fingerprint density at radius 3 is 3.00 bits per heavy atom. The molecule has 0 atom stereocenters. The maximum Gasteiger partial charge on any atom is 0.303 e. The van der Waals surface area contributed by atoms with E-state index in [0.717, 1.165) is 11.3 Å². The second kappa shape index (κ2) is 5.08. The van der Waals surface area contributed by atoms with E-state index >= 15 is 0 Å². The molecule has 0 radical (unpaired) electrons. The number of benzene rings is 1. The van der Waals surface area contributed by atoms with Gasteiger partial charge in [-0.15, -0.1) is 0 Å². The molecule has 1 aromatic carbocycles. The minimum atomic E-state index is -0.847. The Morgan fingerprint density at radius 2 is 2.28 bits per heavy atom. The summed E-state index contributed by atoms with van der Waals surface area (Å²) in [5.41, 5.74) is 1.77. The number of aryl methyl sites for hydroxylation is 1. The Balaban J connectivity index is 2.16. The van der Waals surface area contributed by atoms with Crippen molar-refractivity contribution >= 4 is 17.6 Å². The summed E-state index contributed by atoms with van der Waals surface area (Å²) in [7, 11) is 0. The molecule has 2 rings (SSSR count). The predicted octanol–water partition coefficient (Wildman–Crippen LogP) is 1.59. The van der Waals surface area contributed by atoms with Crippen LogP contribution in [-0.4, -0.2) is 30.1 Å². The van der Waals surface area contributed by atoms with Crippen LogP contribution in [0, 0.1) is 6.92 Å². The molecular weight excluding hydrogens is 234 g/mol. The highest BCUT2D eigenvalue weighted by molar-refractivity contribution is 5.97. The van der Waals surface area contributed by atoms with E-state index in [1.54, 1.807) is 4.90 Å². The molecule has 1 aliphatic rings. The molecule has 1 aromatic rings. The van der Waals surface area contributed by atoms with Crippen molar-refractivity contribution in [3.63, 3.8) is 0 Å². The molecule has 0 spiro atoms. The number of amides is 1. The van der Waals surface area contributed by atoms with Gasteiger partial charge in [-0.25, -0.2) is 0 Å². The number of hydrogen-bond donors (Lipinski definition) is 1. The fraction of sp³-hybridized carbons (Fsp3) is 0.385. The van der Waals surface area contributed by atoms with Crippen LogP contribution in [0.5, 0.6) is 5.75 Å². The van der Waals surface area contributed by atoms with E-state index in [2.05, 4.69) is 0 Å². The molecule has 5 heteroatoms. The van der Waals surface area contributed by atoms with Crippen LogP contribution in [0.4, 0.5) is 5.69 Å². The molecule has 0 bridgehead atoms. The summed E-state index contributed by atoms with van der Waals surface area (Å²) in [6, 6.07) is 5.64. The van der Waals surface area contributed by atoms with Gasteiger partial charge in [-0.1, -0.05) is 6.07 Å². The summed E-state index contributed by atoms with van der Waals surface area (Å²) in [6.45, 7) is 2.36. The zero-order valence-corrected chi connectivity index (χ0v) is 10.2. The van der Waals surface area contributed by atoms with Gasteiger partial charge in [-0.05, 0) is 31.0 Å². The maximum atomic E-state index is 11.8. The van der Waals surface area contributed by atoms with Gasteiger partial charge in [-0.2, -0.15) is 0 Å². The first-order valence-electron chi connectivity index (χ1n) is 5.83. The fourth-order valence-corrected chi connectivity index (χ4v) is 1.95. The lowest BCUT2D eigenvalue weighted by Gasteiger charge is -2.29.